The van der Waals surface area contributed by atoms with E-state index in [1.807, 2.05) is 0 Å². The van der Waals surface area contributed by atoms with Crippen LogP contribution in [-0.4, -0.2) is 27.8 Å². The molecule has 4 nitrogen and oxygen atoms in total. The zero-order chi connectivity index (χ0) is 11.0. The summed E-state index contributed by atoms with van der Waals surface area (Å²) in [5.41, 5.74) is 1.20. The van der Waals surface area contributed by atoms with Gasteiger partial charge in [-0.05, 0) is 25.8 Å². The normalized spacial score (nSPS) is 29.3. The van der Waals surface area contributed by atoms with Gasteiger partial charge in [-0.25, -0.2) is 4.98 Å². The third kappa shape index (κ3) is 1.76. The minimum atomic E-state index is 0.300. The largest absolute Gasteiger partial charge is 0.396 e. The third-order valence-corrected chi connectivity index (χ3v) is 3.78. The minimum Gasteiger partial charge on any atom is -0.396 e. The average molecular weight is 221 g/mol. The second-order valence-electron chi connectivity index (χ2n) is 4.97. The predicted octanol–water partition coefficient (Wildman–Crippen LogP) is 0.862. The fourth-order valence-corrected chi connectivity index (χ4v) is 2.79. The maximum atomic E-state index is 9.19. The summed E-state index contributed by atoms with van der Waals surface area (Å²) in [6.45, 7) is 2.35. The molecule has 1 aromatic rings. The third-order valence-electron chi connectivity index (χ3n) is 3.78. The lowest BCUT2D eigenvalue weighted by molar-refractivity contribution is 0.190. The molecule has 2 atom stereocenters. The molecule has 3 rings (SSSR count). The quantitative estimate of drug-likeness (QED) is 0.779. The van der Waals surface area contributed by atoms with Gasteiger partial charge in [0.15, 0.2) is 0 Å². The van der Waals surface area contributed by atoms with Crippen molar-refractivity contribution in [3.8, 4) is 0 Å². The van der Waals surface area contributed by atoms with Gasteiger partial charge in [-0.1, -0.05) is 0 Å². The van der Waals surface area contributed by atoms with Crippen LogP contribution in [0.2, 0.25) is 0 Å². The van der Waals surface area contributed by atoms with E-state index in [1.54, 1.807) is 0 Å². The standard InChI is InChI=1S/C12H19N3O/c16-8-9-3-4-12-14-11(7-15(12)6-9)10-2-1-5-13-10/h7,9-10,13,16H,1-6,8H2. The van der Waals surface area contributed by atoms with Crippen molar-refractivity contribution in [1.29, 1.82) is 0 Å². The molecule has 16 heavy (non-hydrogen) atoms. The lowest BCUT2D eigenvalue weighted by atomic mass is 10.0. The smallest absolute Gasteiger partial charge is 0.109 e. The Morgan fingerprint density at radius 2 is 2.44 bits per heavy atom. The van der Waals surface area contributed by atoms with E-state index in [1.165, 1.54) is 24.4 Å². The van der Waals surface area contributed by atoms with Gasteiger partial charge in [0.25, 0.3) is 0 Å². The Bertz CT molecular complexity index is 368. The summed E-state index contributed by atoms with van der Waals surface area (Å²) in [5.74, 6) is 1.62. The number of hydrogen-bond donors (Lipinski definition) is 2. The lowest BCUT2D eigenvalue weighted by Crippen LogP contribution is -2.22. The summed E-state index contributed by atoms with van der Waals surface area (Å²) in [7, 11) is 0. The molecule has 88 valence electrons. The first-order chi connectivity index (χ1) is 7.86. The lowest BCUT2D eigenvalue weighted by Gasteiger charge is -2.21. The van der Waals surface area contributed by atoms with Crippen molar-refractivity contribution in [1.82, 2.24) is 14.9 Å². The van der Waals surface area contributed by atoms with Crippen LogP contribution in [0, 0.1) is 5.92 Å². The van der Waals surface area contributed by atoms with Gasteiger partial charge < -0.3 is 15.0 Å². The van der Waals surface area contributed by atoms with E-state index in [-0.39, 0.29) is 0 Å². The van der Waals surface area contributed by atoms with Gasteiger partial charge in [-0.3, -0.25) is 0 Å². The maximum Gasteiger partial charge on any atom is 0.109 e. The predicted molar refractivity (Wildman–Crippen MR) is 61.1 cm³/mol. The Labute approximate surface area is 95.7 Å². The molecule has 0 radical (unpaired) electrons. The van der Waals surface area contributed by atoms with E-state index in [4.69, 9.17) is 4.98 Å². The maximum absolute atomic E-state index is 9.19. The molecule has 0 aromatic carbocycles. The number of nitrogens with one attached hydrogen (secondary N) is 1. The number of aromatic nitrogens is 2. The number of aliphatic hydroxyl groups excluding tert-OH is 1. The monoisotopic (exact) mass is 221 g/mol. The summed E-state index contributed by atoms with van der Waals surface area (Å²) in [6, 6.07) is 0.464. The molecule has 2 aliphatic rings. The Morgan fingerprint density at radius 3 is 3.19 bits per heavy atom. The fourth-order valence-electron chi connectivity index (χ4n) is 2.79. The molecule has 0 bridgehead atoms. The van der Waals surface area contributed by atoms with Crippen LogP contribution in [0.15, 0.2) is 6.20 Å². The van der Waals surface area contributed by atoms with Crippen molar-refractivity contribution >= 4 is 0 Å². The highest BCUT2D eigenvalue weighted by Gasteiger charge is 2.24. The zero-order valence-electron chi connectivity index (χ0n) is 9.52. The van der Waals surface area contributed by atoms with Crippen molar-refractivity contribution < 1.29 is 5.11 Å². The van der Waals surface area contributed by atoms with Gasteiger partial charge in [-0.2, -0.15) is 0 Å². The Balaban J connectivity index is 1.80. The summed E-state index contributed by atoms with van der Waals surface area (Å²) >= 11 is 0. The number of fused-ring (bicyclic) bond motifs is 1. The van der Waals surface area contributed by atoms with E-state index in [9.17, 15) is 5.11 Å². The molecule has 1 fully saturated rings. The molecule has 0 spiro atoms. The van der Waals surface area contributed by atoms with E-state index in [0.717, 1.165) is 25.9 Å². The molecular weight excluding hydrogens is 202 g/mol. The first-order valence-corrected chi connectivity index (χ1v) is 6.27. The van der Waals surface area contributed by atoms with E-state index in [0.29, 0.717) is 18.6 Å². The number of imidazole rings is 1. The highest BCUT2D eigenvalue weighted by molar-refractivity contribution is 5.12. The molecule has 0 amide bonds. The van der Waals surface area contributed by atoms with Gasteiger partial charge in [-0.15, -0.1) is 0 Å². The fraction of sp³-hybridized carbons (Fsp3) is 0.750. The van der Waals surface area contributed by atoms with Crippen LogP contribution in [0.3, 0.4) is 0 Å². The molecule has 1 saturated heterocycles. The topological polar surface area (TPSA) is 50.1 Å². The van der Waals surface area contributed by atoms with Gasteiger partial charge >= 0.3 is 0 Å². The Kier molecular flexibility index (Phi) is 2.69. The number of aliphatic hydroxyl groups is 1. The molecule has 2 N–H and O–H groups in total. The molecule has 1 aromatic heterocycles. The van der Waals surface area contributed by atoms with E-state index in [2.05, 4.69) is 16.1 Å². The van der Waals surface area contributed by atoms with Crippen molar-refractivity contribution in [2.75, 3.05) is 13.2 Å². The van der Waals surface area contributed by atoms with Gasteiger partial charge in [0, 0.05) is 31.7 Å². The summed E-state index contributed by atoms with van der Waals surface area (Å²) in [6.07, 6.45) is 6.73. The van der Waals surface area contributed by atoms with Crippen LogP contribution in [0.5, 0.6) is 0 Å². The molecule has 0 aliphatic carbocycles. The summed E-state index contributed by atoms with van der Waals surface area (Å²) in [5, 5.41) is 12.7. The van der Waals surface area contributed by atoms with Gasteiger partial charge in [0.2, 0.25) is 0 Å². The van der Waals surface area contributed by atoms with Crippen molar-refractivity contribution in [3.63, 3.8) is 0 Å². The molecular formula is C12H19N3O. The van der Waals surface area contributed by atoms with Crippen LogP contribution in [-0.2, 0) is 13.0 Å². The average Bonchev–Trinajstić information content (AvgIpc) is 2.96. The first kappa shape index (κ1) is 10.3. The molecule has 3 heterocycles. The van der Waals surface area contributed by atoms with Gasteiger partial charge in [0.1, 0.15) is 5.82 Å². The highest BCUT2D eigenvalue weighted by Crippen LogP contribution is 2.26. The first-order valence-electron chi connectivity index (χ1n) is 6.27. The van der Waals surface area contributed by atoms with Crippen LogP contribution in [0.1, 0.15) is 36.8 Å². The number of nitrogens with zero attached hydrogens (tertiary/aromatic N) is 2. The number of rotatable bonds is 2. The summed E-state index contributed by atoms with van der Waals surface area (Å²) < 4.78 is 2.24. The van der Waals surface area contributed by atoms with Crippen LogP contribution < -0.4 is 5.32 Å². The van der Waals surface area contributed by atoms with Gasteiger partial charge in [0.05, 0.1) is 11.7 Å². The Morgan fingerprint density at radius 1 is 1.50 bits per heavy atom. The molecule has 0 saturated carbocycles. The van der Waals surface area contributed by atoms with Crippen LogP contribution in [0.4, 0.5) is 0 Å². The van der Waals surface area contributed by atoms with Crippen molar-refractivity contribution in [3.05, 3.63) is 17.7 Å². The SMILES string of the molecule is OCC1CCc2nc(C3CCCN3)cn2C1. The molecule has 2 aliphatic heterocycles. The van der Waals surface area contributed by atoms with Crippen molar-refractivity contribution in [2.45, 2.75) is 38.3 Å². The van der Waals surface area contributed by atoms with E-state index >= 15 is 0 Å². The summed E-state index contributed by atoms with van der Waals surface area (Å²) in [4.78, 5) is 4.72. The Hall–Kier alpha value is -0.870. The molecule has 2 unspecified atom stereocenters. The number of hydrogen-bond acceptors (Lipinski definition) is 3. The zero-order valence-corrected chi connectivity index (χ0v) is 9.52. The second kappa shape index (κ2) is 4.18. The second-order valence-corrected chi connectivity index (χ2v) is 4.97. The highest BCUT2D eigenvalue weighted by atomic mass is 16.3. The number of aryl methyl sites for hydroxylation is 1. The molecule has 4 heteroatoms. The van der Waals surface area contributed by atoms with Crippen LogP contribution in [0.25, 0.3) is 0 Å². The van der Waals surface area contributed by atoms with Crippen molar-refractivity contribution in [2.24, 2.45) is 5.92 Å². The minimum absolute atomic E-state index is 0.300. The van der Waals surface area contributed by atoms with Crippen LogP contribution >= 0.6 is 0 Å². The van der Waals surface area contributed by atoms with E-state index < -0.39 is 0 Å².